The van der Waals surface area contributed by atoms with E-state index in [0.717, 1.165) is 22.3 Å². The fraction of sp³-hybridized carbons (Fsp3) is 0.304. The van der Waals surface area contributed by atoms with Crippen molar-refractivity contribution in [1.82, 2.24) is 10.2 Å². The Labute approximate surface area is 175 Å². The van der Waals surface area contributed by atoms with E-state index in [9.17, 15) is 9.59 Å². The molecule has 0 aliphatic carbocycles. The van der Waals surface area contributed by atoms with E-state index in [0.29, 0.717) is 17.5 Å². The van der Waals surface area contributed by atoms with Gasteiger partial charge in [0, 0.05) is 17.7 Å². The Morgan fingerprint density at radius 3 is 2.43 bits per heavy atom. The van der Waals surface area contributed by atoms with Crippen molar-refractivity contribution in [3.05, 3.63) is 65.0 Å². The van der Waals surface area contributed by atoms with Gasteiger partial charge in [0.25, 0.3) is 5.91 Å². The number of ether oxygens (including phenoxy) is 1. The molecule has 0 saturated heterocycles. The van der Waals surface area contributed by atoms with Gasteiger partial charge in [-0.15, -0.1) is 10.2 Å². The number of esters is 1. The van der Waals surface area contributed by atoms with Crippen LogP contribution in [0.2, 0.25) is 0 Å². The highest BCUT2D eigenvalue weighted by Gasteiger charge is 2.19. The first-order valence-corrected chi connectivity index (χ1v) is 9.79. The third-order valence-electron chi connectivity index (χ3n) is 4.63. The topological polar surface area (TPSA) is 94.3 Å². The second-order valence-corrected chi connectivity index (χ2v) is 7.31. The summed E-state index contributed by atoms with van der Waals surface area (Å²) >= 11 is 0. The quantitative estimate of drug-likeness (QED) is 0.591. The van der Waals surface area contributed by atoms with Crippen LogP contribution in [0.15, 0.2) is 46.9 Å². The minimum atomic E-state index is -0.913. The maximum atomic E-state index is 12.3. The van der Waals surface area contributed by atoms with E-state index in [1.807, 2.05) is 63.2 Å². The van der Waals surface area contributed by atoms with E-state index in [1.165, 1.54) is 0 Å². The molecular formula is C23H25N3O4. The van der Waals surface area contributed by atoms with Crippen molar-refractivity contribution in [2.45, 2.75) is 46.6 Å². The summed E-state index contributed by atoms with van der Waals surface area (Å²) < 4.78 is 10.8. The second kappa shape index (κ2) is 9.35. The van der Waals surface area contributed by atoms with Crippen molar-refractivity contribution in [2.75, 3.05) is 5.32 Å². The molecule has 2 aromatic carbocycles. The first-order valence-electron chi connectivity index (χ1n) is 9.79. The Morgan fingerprint density at radius 2 is 1.73 bits per heavy atom. The average molecular weight is 407 g/mol. The maximum absolute atomic E-state index is 12.3. The predicted molar refractivity (Wildman–Crippen MR) is 113 cm³/mol. The molecule has 30 heavy (non-hydrogen) atoms. The van der Waals surface area contributed by atoms with Crippen LogP contribution in [-0.2, 0) is 20.7 Å². The fourth-order valence-corrected chi connectivity index (χ4v) is 2.87. The Bertz CT molecular complexity index is 1040. The molecule has 156 valence electrons. The summed E-state index contributed by atoms with van der Waals surface area (Å²) in [7, 11) is 0. The Morgan fingerprint density at radius 1 is 1.03 bits per heavy atom. The normalized spacial score (nSPS) is 11.7. The largest absolute Gasteiger partial charge is 0.453 e. The van der Waals surface area contributed by atoms with E-state index in [-0.39, 0.29) is 18.7 Å². The molecule has 0 radical (unpaired) electrons. The third-order valence-corrected chi connectivity index (χ3v) is 4.63. The van der Waals surface area contributed by atoms with E-state index in [2.05, 4.69) is 15.5 Å². The zero-order valence-corrected chi connectivity index (χ0v) is 17.6. The number of benzene rings is 2. The van der Waals surface area contributed by atoms with Crippen LogP contribution < -0.4 is 5.32 Å². The summed E-state index contributed by atoms with van der Waals surface area (Å²) in [5.41, 5.74) is 4.71. The highest BCUT2D eigenvalue weighted by Crippen LogP contribution is 2.19. The number of aryl methyl sites for hydroxylation is 4. The molecule has 3 aromatic rings. The molecule has 3 rings (SSSR count). The molecule has 7 heteroatoms. The number of rotatable bonds is 7. The van der Waals surface area contributed by atoms with Gasteiger partial charge in [-0.05, 0) is 51.5 Å². The van der Waals surface area contributed by atoms with Crippen LogP contribution in [0.1, 0.15) is 35.9 Å². The highest BCUT2D eigenvalue weighted by atomic mass is 16.5. The Hall–Kier alpha value is -3.48. The molecule has 7 nitrogen and oxygen atoms in total. The first kappa shape index (κ1) is 21.2. The predicted octanol–water partition coefficient (Wildman–Crippen LogP) is 4.16. The van der Waals surface area contributed by atoms with Gasteiger partial charge in [-0.3, -0.25) is 9.59 Å². The fourth-order valence-electron chi connectivity index (χ4n) is 2.87. The number of carbonyl (C=O) groups excluding carboxylic acids is 2. The molecule has 1 heterocycles. The minimum Gasteiger partial charge on any atom is -0.453 e. The van der Waals surface area contributed by atoms with Crippen LogP contribution in [0.25, 0.3) is 11.5 Å². The van der Waals surface area contributed by atoms with E-state index < -0.39 is 12.1 Å². The molecule has 0 spiro atoms. The number of nitrogens with one attached hydrogen (secondary N) is 1. The van der Waals surface area contributed by atoms with Gasteiger partial charge in [0.2, 0.25) is 11.8 Å². The summed E-state index contributed by atoms with van der Waals surface area (Å²) in [4.78, 5) is 24.4. The van der Waals surface area contributed by atoms with E-state index >= 15 is 0 Å². The van der Waals surface area contributed by atoms with E-state index in [4.69, 9.17) is 9.15 Å². The molecule has 1 unspecified atom stereocenters. The molecule has 0 bridgehead atoms. The number of hydrogen-bond donors (Lipinski definition) is 1. The van der Waals surface area contributed by atoms with E-state index in [1.54, 1.807) is 6.92 Å². The van der Waals surface area contributed by atoms with Gasteiger partial charge in [-0.25, -0.2) is 0 Å². The molecule has 0 saturated carbocycles. The monoisotopic (exact) mass is 407 g/mol. The van der Waals surface area contributed by atoms with Crippen LogP contribution in [0, 0.1) is 20.8 Å². The SMILES string of the molecule is Cc1ccc(-c2nnc(CCC(=O)OC(C)C(=O)Nc3ccc(C)cc3C)o2)cc1. The lowest BCUT2D eigenvalue weighted by Crippen LogP contribution is -2.30. The molecule has 1 amide bonds. The van der Waals surface area contributed by atoms with Gasteiger partial charge in [-0.1, -0.05) is 35.4 Å². The molecular weight excluding hydrogens is 382 g/mol. The number of aromatic nitrogens is 2. The zero-order chi connectivity index (χ0) is 21.7. The van der Waals surface area contributed by atoms with Crippen molar-refractivity contribution in [1.29, 1.82) is 0 Å². The van der Waals surface area contributed by atoms with Gasteiger partial charge >= 0.3 is 5.97 Å². The standard InChI is InChI=1S/C23H25N3O4/c1-14-5-8-18(9-6-14)23-26-25-20(30-23)11-12-21(27)29-17(4)22(28)24-19-10-7-15(2)13-16(19)3/h5-10,13,17H,11-12H2,1-4H3,(H,24,28). The zero-order valence-electron chi connectivity index (χ0n) is 17.6. The lowest BCUT2D eigenvalue weighted by atomic mass is 10.1. The number of nitrogens with zero attached hydrogens (tertiary/aromatic N) is 2. The maximum Gasteiger partial charge on any atom is 0.307 e. The lowest BCUT2D eigenvalue weighted by Gasteiger charge is -2.14. The number of anilines is 1. The van der Waals surface area contributed by atoms with Crippen molar-refractivity contribution >= 4 is 17.6 Å². The molecule has 1 aromatic heterocycles. The third kappa shape index (κ3) is 5.53. The summed E-state index contributed by atoms with van der Waals surface area (Å²) in [6.45, 7) is 7.43. The average Bonchev–Trinajstić information content (AvgIpc) is 3.18. The van der Waals surface area contributed by atoms with Gasteiger partial charge in [0.05, 0.1) is 6.42 Å². The van der Waals surface area contributed by atoms with Gasteiger partial charge in [0.1, 0.15) is 0 Å². The molecule has 0 aliphatic rings. The number of hydrogen-bond acceptors (Lipinski definition) is 6. The van der Waals surface area contributed by atoms with Gasteiger partial charge in [-0.2, -0.15) is 0 Å². The molecule has 0 fully saturated rings. The van der Waals surface area contributed by atoms with Crippen molar-refractivity contribution < 1.29 is 18.7 Å². The van der Waals surface area contributed by atoms with Crippen molar-refractivity contribution in [3.63, 3.8) is 0 Å². The number of carbonyl (C=O) groups is 2. The van der Waals surface area contributed by atoms with Crippen LogP contribution in [-0.4, -0.2) is 28.2 Å². The summed E-state index contributed by atoms with van der Waals surface area (Å²) in [5, 5.41) is 10.8. The van der Waals surface area contributed by atoms with Gasteiger partial charge < -0.3 is 14.5 Å². The van der Waals surface area contributed by atoms with Crippen molar-refractivity contribution in [3.8, 4) is 11.5 Å². The van der Waals surface area contributed by atoms with Crippen molar-refractivity contribution in [2.24, 2.45) is 0 Å². The second-order valence-electron chi connectivity index (χ2n) is 7.31. The van der Waals surface area contributed by atoms with Crippen LogP contribution in [0.3, 0.4) is 0 Å². The van der Waals surface area contributed by atoms with Crippen LogP contribution >= 0.6 is 0 Å². The Kier molecular flexibility index (Phi) is 6.61. The highest BCUT2D eigenvalue weighted by molar-refractivity contribution is 5.95. The summed E-state index contributed by atoms with van der Waals surface area (Å²) in [5.74, 6) is -0.141. The van der Waals surface area contributed by atoms with Gasteiger partial charge in [0.15, 0.2) is 6.10 Å². The smallest absolute Gasteiger partial charge is 0.307 e. The summed E-state index contributed by atoms with van der Waals surface area (Å²) in [6, 6.07) is 13.4. The number of amides is 1. The first-order chi connectivity index (χ1) is 14.3. The lowest BCUT2D eigenvalue weighted by molar-refractivity contribution is -0.153. The molecule has 1 atom stereocenters. The van der Waals surface area contributed by atoms with Crippen LogP contribution in [0.5, 0.6) is 0 Å². The molecule has 1 N–H and O–H groups in total. The van der Waals surface area contributed by atoms with Crippen LogP contribution in [0.4, 0.5) is 5.69 Å². The summed E-state index contributed by atoms with van der Waals surface area (Å²) in [6.07, 6.45) is -0.635. The molecule has 0 aliphatic heterocycles. The Balaban J connectivity index is 1.49. The minimum absolute atomic E-state index is 0.0384.